The van der Waals surface area contributed by atoms with E-state index in [1.807, 2.05) is 0 Å². The average Bonchev–Trinajstić information content (AvgIpc) is 2.59. The van der Waals surface area contributed by atoms with Gasteiger partial charge < -0.3 is 24.5 Å². The van der Waals surface area contributed by atoms with Crippen LogP contribution in [0.2, 0.25) is 0 Å². The van der Waals surface area contributed by atoms with Crippen molar-refractivity contribution in [3.8, 4) is 5.75 Å². The molecule has 1 unspecified atom stereocenters. The van der Waals surface area contributed by atoms with Crippen molar-refractivity contribution in [3.05, 3.63) is 52.0 Å². The van der Waals surface area contributed by atoms with Crippen molar-refractivity contribution in [3.63, 3.8) is 0 Å². The lowest BCUT2D eigenvalue weighted by Gasteiger charge is -2.26. The molecule has 0 bridgehead atoms. The van der Waals surface area contributed by atoms with Crippen molar-refractivity contribution >= 4 is 23.0 Å². The summed E-state index contributed by atoms with van der Waals surface area (Å²) in [6, 6.07) is 7.10. The minimum Gasteiger partial charge on any atom is -0.487 e. The fraction of sp³-hybridized carbons (Fsp3) is 0.278. The minimum atomic E-state index is -0.518. The smallest absolute Gasteiger partial charge is 0.338 e. The van der Waals surface area contributed by atoms with Crippen LogP contribution < -0.4 is 21.0 Å². The van der Waals surface area contributed by atoms with Crippen LogP contribution in [0.3, 0.4) is 0 Å². The van der Waals surface area contributed by atoms with E-state index in [0.29, 0.717) is 22.6 Å². The molecule has 8 nitrogen and oxygen atoms in total. The Morgan fingerprint density at radius 1 is 1.23 bits per heavy atom. The van der Waals surface area contributed by atoms with Gasteiger partial charge in [-0.1, -0.05) is 0 Å². The van der Waals surface area contributed by atoms with Crippen molar-refractivity contribution in [2.24, 2.45) is 0 Å². The zero-order valence-corrected chi connectivity index (χ0v) is 14.3. The fourth-order valence-corrected chi connectivity index (χ4v) is 2.68. The Morgan fingerprint density at radius 3 is 2.77 bits per heavy atom. The van der Waals surface area contributed by atoms with Gasteiger partial charge in [0.05, 0.1) is 23.9 Å². The molecule has 136 valence electrons. The molecule has 0 spiro atoms. The number of benzene rings is 1. The molecule has 3 rings (SSSR count). The van der Waals surface area contributed by atoms with Gasteiger partial charge in [-0.3, -0.25) is 0 Å². The topological polar surface area (TPSA) is 107 Å². The number of hydrogen-bond acceptors (Lipinski definition) is 6. The van der Waals surface area contributed by atoms with E-state index in [2.05, 4.69) is 10.6 Å². The number of hydrogen-bond donors (Lipinski definition) is 2. The summed E-state index contributed by atoms with van der Waals surface area (Å²) in [5, 5.41) is 5.95. The van der Waals surface area contributed by atoms with Crippen molar-refractivity contribution in [2.75, 3.05) is 13.2 Å². The first-order chi connectivity index (χ1) is 12.5. The van der Waals surface area contributed by atoms with Crippen molar-refractivity contribution < 1.29 is 23.5 Å². The van der Waals surface area contributed by atoms with Crippen LogP contribution >= 0.6 is 0 Å². The maximum atomic E-state index is 12.2. The second-order valence-corrected chi connectivity index (χ2v) is 5.68. The molecule has 1 aliphatic heterocycles. The summed E-state index contributed by atoms with van der Waals surface area (Å²) in [6.45, 7) is 3.57. The molecule has 26 heavy (non-hydrogen) atoms. The van der Waals surface area contributed by atoms with E-state index in [0.717, 1.165) is 5.39 Å². The standard InChI is InChI=1S/C18H18N2O6/c1-3-24-17(22)16-10(2)19-18(23)20-13(16)9-25-12-6-4-11-5-7-15(21)26-14(11)8-12/h4-8,10H,3,9H2,1-2H3,(H2,19,20,23). The van der Waals surface area contributed by atoms with E-state index in [9.17, 15) is 14.4 Å². The Bertz CT molecular complexity index is 946. The second-order valence-electron chi connectivity index (χ2n) is 5.68. The molecule has 2 amide bonds. The van der Waals surface area contributed by atoms with E-state index in [-0.39, 0.29) is 13.2 Å². The highest BCUT2D eigenvalue weighted by Gasteiger charge is 2.29. The van der Waals surface area contributed by atoms with Crippen molar-refractivity contribution in [2.45, 2.75) is 19.9 Å². The lowest BCUT2D eigenvalue weighted by molar-refractivity contribution is -0.139. The van der Waals surface area contributed by atoms with E-state index >= 15 is 0 Å². The average molecular weight is 358 g/mol. The number of amides is 2. The minimum absolute atomic E-state index is 0.0471. The van der Waals surface area contributed by atoms with Gasteiger partial charge in [0.2, 0.25) is 0 Å². The van der Waals surface area contributed by atoms with Gasteiger partial charge >= 0.3 is 17.6 Å². The SMILES string of the molecule is CCOC(=O)C1=C(COc2ccc3ccc(=O)oc3c2)NC(=O)NC1C. The monoisotopic (exact) mass is 358 g/mol. The largest absolute Gasteiger partial charge is 0.487 e. The Labute approximate surface area is 148 Å². The molecular formula is C18H18N2O6. The number of nitrogens with one attached hydrogen (secondary N) is 2. The van der Waals surface area contributed by atoms with Crippen LogP contribution in [0.15, 0.2) is 50.8 Å². The van der Waals surface area contributed by atoms with Gasteiger partial charge in [-0.05, 0) is 32.0 Å². The Balaban J connectivity index is 1.85. The Hall–Kier alpha value is -3.29. The highest BCUT2D eigenvalue weighted by molar-refractivity contribution is 5.94. The van der Waals surface area contributed by atoms with E-state index in [1.165, 1.54) is 6.07 Å². The van der Waals surface area contributed by atoms with Gasteiger partial charge in [-0.25, -0.2) is 14.4 Å². The van der Waals surface area contributed by atoms with Gasteiger partial charge in [-0.15, -0.1) is 0 Å². The molecule has 0 fully saturated rings. The summed E-state index contributed by atoms with van der Waals surface area (Å²) in [6.07, 6.45) is 0. The van der Waals surface area contributed by atoms with Crippen LogP contribution in [0.4, 0.5) is 4.79 Å². The Morgan fingerprint density at radius 2 is 2.00 bits per heavy atom. The van der Waals surface area contributed by atoms with Crippen LogP contribution in [-0.4, -0.2) is 31.3 Å². The molecule has 0 saturated carbocycles. The van der Waals surface area contributed by atoms with Gasteiger partial charge in [0.15, 0.2) is 0 Å². The zero-order chi connectivity index (χ0) is 18.7. The normalized spacial score (nSPS) is 16.8. The van der Waals surface area contributed by atoms with Gasteiger partial charge in [0, 0.05) is 17.5 Å². The van der Waals surface area contributed by atoms with E-state index in [4.69, 9.17) is 13.9 Å². The quantitative estimate of drug-likeness (QED) is 0.622. The number of fused-ring (bicyclic) bond motifs is 1. The van der Waals surface area contributed by atoms with Gasteiger partial charge in [0.25, 0.3) is 0 Å². The molecule has 2 N–H and O–H groups in total. The summed E-state index contributed by atoms with van der Waals surface area (Å²) >= 11 is 0. The zero-order valence-electron chi connectivity index (χ0n) is 14.3. The van der Waals surface area contributed by atoms with Crippen LogP contribution in [0.5, 0.6) is 5.75 Å². The summed E-state index contributed by atoms with van der Waals surface area (Å²) in [5.41, 5.74) is 0.562. The summed E-state index contributed by atoms with van der Waals surface area (Å²) in [7, 11) is 0. The number of carbonyl (C=O) groups excluding carboxylic acids is 2. The van der Waals surface area contributed by atoms with E-state index < -0.39 is 23.7 Å². The first-order valence-electron chi connectivity index (χ1n) is 8.12. The molecule has 1 aromatic heterocycles. The summed E-state index contributed by atoms with van der Waals surface area (Å²) in [5.74, 6) is -0.0846. The van der Waals surface area contributed by atoms with Crippen molar-refractivity contribution in [1.29, 1.82) is 0 Å². The predicted molar refractivity (Wildman–Crippen MR) is 92.8 cm³/mol. The number of urea groups is 1. The third kappa shape index (κ3) is 3.69. The maximum absolute atomic E-state index is 12.2. The van der Waals surface area contributed by atoms with Crippen LogP contribution in [0, 0.1) is 0 Å². The molecule has 1 aliphatic rings. The van der Waals surface area contributed by atoms with Crippen LogP contribution in [-0.2, 0) is 9.53 Å². The molecule has 8 heteroatoms. The third-order valence-electron chi connectivity index (χ3n) is 3.84. The fourth-order valence-electron chi connectivity index (χ4n) is 2.68. The molecule has 0 aliphatic carbocycles. The lowest BCUT2D eigenvalue weighted by Crippen LogP contribution is -2.50. The molecule has 0 saturated heterocycles. The van der Waals surface area contributed by atoms with Gasteiger partial charge in [0.1, 0.15) is 17.9 Å². The third-order valence-corrected chi connectivity index (χ3v) is 3.84. The number of ether oxygens (including phenoxy) is 2. The summed E-state index contributed by atoms with van der Waals surface area (Å²) in [4.78, 5) is 35.2. The van der Waals surface area contributed by atoms with Crippen molar-refractivity contribution in [1.82, 2.24) is 10.6 Å². The first-order valence-corrected chi connectivity index (χ1v) is 8.12. The molecular weight excluding hydrogens is 340 g/mol. The number of carbonyl (C=O) groups is 2. The molecule has 2 aromatic rings. The van der Waals surface area contributed by atoms with Crippen LogP contribution in [0.25, 0.3) is 11.0 Å². The summed E-state index contributed by atoms with van der Waals surface area (Å²) < 4.78 is 15.8. The maximum Gasteiger partial charge on any atom is 0.338 e. The first kappa shape index (κ1) is 17.5. The van der Waals surface area contributed by atoms with Crippen LogP contribution in [0.1, 0.15) is 13.8 Å². The molecule has 2 heterocycles. The number of esters is 1. The second kappa shape index (κ2) is 7.30. The molecule has 1 atom stereocenters. The number of rotatable bonds is 5. The predicted octanol–water partition coefficient (Wildman–Crippen LogP) is 1.69. The molecule has 1 aromatic carbocycles. The highest BCUT2D eigenvalue weighted by atomic mass is 16.5. The lowest BCUT2D eigenvalue weighted by atomic mass is 10.0. The van der Waals surface area contributed by atoms with Gasteiger partial charge in [-0.2, -0.15) is 0 Å². The Kier molecular flexibility index (Phi) is 4.92. The molecule has 0 radical (unpaired) electrons. The van der Waals surface area contributed by atoms with E-state index in [1.54, 1.807) is 38.1 Å². The highest BCUT2D eigenvalue weighted by Crippen LogP contribution is 2.21.